The van der Waals surface area contributed by atoms with Gasteiger partial charge in [-0.05, 0) is 38.1 Å². The van der Waals surface area contributed by atoms with Crippen LogP contribution in [0.4, 0.5) is 5.69 Å². The average molecular weight is 392 g/mol. The lowest BCUT2D eigenvalue weighted by atomic mass is 10.2. The van der Waals surface area contributed by atoms with Crippen molar-refractivity contribution in [3.63, 3.8) is 0 Å². The molecule has 136 valence electrons. The quantitative estimate of drug-likeness (QED) is 0.565. The number of anilines is 1. The van der Waals surface area contributed by atoms with E-state index in [1.54, 1.807) is 48.5 Å². The molecule has 5 nitrogen and oxygen atoms in total. The van der Waals surface area contributed by atoms with E-state index in [2.05, 4.69) is 5.32 Å². The molecule has 0 aromatic heterocycles. The van der Waals surface area contributed by atoms with Gasteiger partial charge in [0.1, 0.15) is 5.78 Å². The number of esters is 1. The summed E-state index contributed by atoms with van der Waals surface area (Å²) < 4.78 is 5.27. The molecule has 0 fully saturated rings. The number of carbonyl (C=O) groups excluding carboxylic acids is 3. The number of thioether (sulfide) groups is 1. The number of hydrogen-bond donors (Lipinski definition) is 1. The van der Waals surface area contributed by atoms with E-state index in [4.69, 9.17) is 16.3 Å². The molecule has 0 aliphatic heterocycles. The minimum Gasteiger partial charge on any atom is -0.449 e. The Kier molecular flexibility index (Phi) is 7.24. The van der Waals surface area contributed by atoms with Gasteiger partial charge in [0, 0.05) is 4.90 Å². The van der Waals surface area contributed by atoms with E-state index in [9.17, 15) is 14.4 Å². The summed E-state index contributed by atoms with van der Waals surface area (Å²) in [6, 6.07) is 13.6. The Labute approximate surface area is 161 Å². The number of ether oxygens (including phenoxy) is 1. The second-order valence-electron chi connectivity index (χ2n) is 5.50. The van der Waals surface area contributed by atoms with Crippen molar-refractivity contribution in [2.75, 3.05) is 11.1 Å². The fourth-order valence-electron chi connectivity index (χ4n) is 2.02. The zero-order valence-corrected chi connectivity index (χ0v) is 15.9. The van der Waals surface area contributed by atoms with Crippen molar-refractivity contribution in [3.8, 4) is 0 Å². The number of amides is 1. The molecule has 0 saturated carbocycles. The average Bonchev–Trinajstić information content (AvgIpc) is 2.62. The van der Waals surface area contributed by atoms with Gasteiger partial charge in [-0.3, -0.25) is 9.59 Å². The van der Waals surface area contributed by atoms with Crippen molar-refractivity contribution in [1.82, 2.24) is 0 Å². The number of nitrogens with one attached hydrogen (secondary N) is 1. The maximum absolute atomic E-state index is 12.4. The van der Waals surface area contributed by atoms with Crippen LogP contribution in [0.1, 0.15) is 24.2 Å². The molecule has 26 heavy (non-hydrogen) atoms. The van der Waals surface area contributed by atoms with E-state index < -0.39 is 18.0 Å². The van der Waals surface area contributed by atoms with Gasteiger partial charge in [0.15, 0.2) is 6.10 Å². The molecule has 1 N–H and O–H groups in total. The Morgan fingerprint density at radius 3 is 2.46 bits per heavy atom. The first-order valence-corrected chi connectivity index (χ1v) is 9.22. The number of halogens is 1. The van der Waals surface area contributed by atoms with Crippen LogP contribution in [0, 0.1) is 0 Å². The highest BCUT2D eigenvalue weighted by Crippen LogP contribution is 2.24. The van der Waals surface area contributed by atoms with Gasteiger partial charge in [-0.2, -0.15) is 0 Å². The molecule has 2 aromatic carbocycles. The molecule has 0 unspecified atom stereocenters. The highest BCUT2D eigenvalue weighted by molar-refractivity contribution is 8.00. The number of para-hydroxylation sites is 1. The second-order valence-corrected chi connectivity index (χ2v) is 6.93. The van der Waals surface area contributed by atoms with E-state index in [0.29, 0.717) is 21.2 Å². The Morgan fingerprint density at radius 2 is 1.77 bits per heavy atom. The summed E-state index contributed by atoms with van der Waals surface area (Å²) >= 11 is 7.26. The maximum atomic E-state index is 12.4. The zero-order chi connectivity index (χ0) is 19.1. The molecule has 0 aliphatic carbocycles. The van der Waals surface area contributed by atoms with Crippen molar-refractivity contribution in [2.45, 2.75) is 24.8 Å². The van der Waals surface area contributed by atoms with Gasteiger partial charge >= 0.3 is 5.97 Å². The van der Waals surface area contributed by atoms with E-state index in [1.165, 1.54) is 25.6 Å². The predicted octanol–water partition coefficient (Wildman–Crippen LogP) is 4.21. The van der Waals surface area contributed by atoms with Crippen LogP contribution in [-0.4, -0.2) is 29.5 Å². The summed E-state index contributed by atoms with van der Waals surface area (Å²) in [5.74, 6) is -0.850. The van der Waals surface area contributed by atoms with Crippen LogP contribution >= 0.6 is 23.4 Å². The van der Waals surface area contributed by atoms with Crippen molar-refractivity contribution in [3.05, 3.63) is 59.1 Å². The standard InChI is InChI=1S/C19H18ClNO4S/c1-12(22)11-26-17-10-6-3-7-14(17)19(24)25-13(2)18(23)21-16-9-5-4-8-15(16)20/h3-10,13H,11H2,1-2H3,(H,21,23)/t13-/m1/s1. The van der Waals surface area contributed by atoms with Crippen LogP contribution < -0.4 is 5.32 Å². The Balaban J connectivity index is 2.04. The number of carbonyl (C=O) groups is 3. The zero-order valence-electron chi connectivity index (χ0n) is 14.3. The summed E-state index contributed by atoms with van der Waals surface area (Å²) in [5, 5.41) is 3.02. The third-order valence-electron chi connectivity index (χ3n) is 3.32. The third kappa shape index (κ3) is 5.61. The number of benzene rings is 2. The molecule has 0 spiro atoms. The van der Waals surface area contributed by atoms with Gasteiger partial charge in [0.2, 0.25) is 0 Å². The monoisotopic (exact) mass is 391 g/mol. The lowest BCUT2D eigenvalue weighted by Crippen LogP contribution is -2.30. The fraction of sp³-hybridized carbons (Fsp3) is 0.211. The minimum absolute atomic E-state index is 0.00524. The van der Waals surface area contributed by atoms with Gasteiger partial charge in [-0.25, -0.2) is 4.79 Å². The normalized spacial score (nSPS) is 11.5. The summed E-state index contributed by atoms with van der Waals surface area (Å²) in [4.78, 5) is 36.4. The Hall–Kier alpha value is -2.31. The highest BCUT2D eigenvalue weighted by Gasteiger charge is 2.21. The van der Waals surface area contributed by atoms with Gasteiger partial charge in [-0.1, -0.05) is 35.9 Å². The lowest BCUT2D eigenvalue weighted by molar-refractivity contribution is -0.123. The summed E-state index contributed by atoms with van der Waals surface area (Å²) in [6.07, 6.45) is -1.01. The van der Waals surface area contributed by atoms with Crippen LogP contribution in [0.3, 0.4) is 0 Å². The highest BCUT2D eigenvalue weighted by atomic mass is 35.5. The molecule has 2 rings (SSSR count). The topological polar surface area (TPSA) is 72.5 Å². The van der Waals surface area contributed by atoms with Gasteiger partial charge in [-0.15, -0.1) is 11.8 Å². The van der Waals surface area contributed by atoms with Crippen molar-refractivity contribution in [1.29, 1.82) is 0 Å². The van der Waals surface area contributed by atoms with Crippen LogP contribution in [0.25, 0.3) is 0 Å². The van der Waals surface area contributed by atoms with E-state index in [1.807, 2.05) is 0 Å². The molecule has 0 heterocycles. The number of rotatable bonds is 7. The smallest absolute Gasteiger partial charge is 0.340 e. The van der Waals surface area contributed by atoms with Crippen LogP contribution in [0.15, 0.2) is 53.4 Å². The molecule has 1 atom stereocenters. The predicted molar refractivity (Wildman–Crippen MR) is 103 cm³/mol. The van der Waals surface area contributed by atoms with Gasteiger partial charge in [0.05, 0.1) is 22.0 Å². The van der Waals surface area contributed by atoms with Crippen molar-refractivity contribution in [2.24, 2.45) is 0 Å². The second kappa shape index (κ2) is 9.40. The number of ketones is 1. The SMILES string of the molecule is CC(=O)CSc1ccccc1C(=O)O[C@H](C)C(=O)Nc1ccccc1Cl. The van der Waals surface area contributed by atoms with Crippen molar-refractivity contribution >= 4 is 46.7 Å². The number of hydrogen-bond acceptors (Lipinski definition) is 5. The van der Waals surface area contributed by atoms with Crippen LogP contribution in [0.5, 0.6) is 0 Å². The van der Waals surface area contributed by atoms with Crippen LogP contribution in [-0.2, 0) is 14.3 Å². The molecule has 0 bridgehead atoms. The first kappa shape index (κ1) is 20.0. The first-order valence-electron chi connectivity index (χ1n) is 7.86. The molecular weight excluding hydrogens is 374 g/mol. The van der Waals surface area contributed by atoms with E-state index in [0.717, 1.165) is 0 Å². The summed E-state index contributed by atoms with van der Waals surface area (Å²) in [5.41, 5.74) is 0.760. The summed E-state index contributed by atoms with van der Waals surface area (Å²) in [7, 11) is 0. The molecule has 0 saturated heterocycles. The number of Topliss-reactive ketones (excluding diaryl/α,β-unsaturated/α-hetero) is 1. The van der Waals surface area contributed by atoms with Gasteiger partial charge < -0.3 is 10.1 Å². The first-order chi connectivity index (χ1) is 12.4. The molecule has 0 radical (unpaired) electrons. The molecule has 2 aromatic rings. The Morgan fingerprint density at radius 1 is 1.12 bits per heavy atom. The molecule has 1 amide bonds. The van der Waals surface area contributed by atoms with Crippen LogP contribution in [0.2, 0.25) is 5.02 Å². The lowest BCUT2D eigenvalue weighted by Gasteiger charge is -2.15. The Bertz CT molecular complexity index is 825. The fourth-order valence-corrected chi connectivity index (χ4v) is 3.04. The molecule has 0 aliphatic rings. The summed E-state index contributed by atoms with van der Waals surface area (Å²) in [6.45, 7) is 2.96. The minimum atomic E-state index is -1.01. The molecule has 7 heteroatoms. The van der Waals surface area contributed by atoms with Gasteiger partial charge in [0.25, 0.3) is 5.91 Å². The maximum Gasteiger partial charge on any atom is 0.340 e. The third-order valence-corrected chi connectivity index (χ3v) is 4.87. The van der Waals surface area contributed by atoms with Crippen molar-refractivity contribution < 1.29 is 19.1 Å². The largest absolute Gasteiger partial charge is 0.449 e. The van der Waals surface area contributed by atoms with E-state index >= 15 is 0 Å². The van der Waals surface area contributed by atoms with E-state index in [-0.39, 0.29) is 11.5 Å². The molecular formula is C19H18ClNO4S.